The summed E-state index contributed by atoms with van der Waals surface area (Å²) in [7, 11) is 0. The van der Waals surface area contributed by atoms with Crippen molar-refractivity contribution in [2.45, 2.75) is 159 Å². The largest absolute Gasteiger partial charge is 0.261 e. The fraction of sp³-hybridized carbons (Fsp3) is 0.390. The minimum Gasteiger partial charge on any atom is -0.261 e. The molecular formula is C59H82N18. The molecule has 9 aromatic rings. The summed E-state index contributed by atoms with van der Waals surface area (Å²) in [5.41, 5.74) is 19.8. The smallest absolute Gasteiger partial charge is 0.125 e. The topological polar surface area (TPSA) is 232 Å². The van der Waals surface area contributed by atoms with Crippen LogP contribution in [0.4, 0.5) is 0 Å². The zero-order valence-corrected chi connectivity index (χ0v) is 50.1. The maximum absolute atomic E-state index is 4.22. The molecule has 0 amide bonds. The van der Waals surface area contributed by atoms with Crippen LogP contribution in [0.2, 0.25) is 0 Å². The Morgan fingerprint density at radius 2 is 0.623 bits per heavy atom. The van der Waals surface area contributed by atoms with Crippen molar-refractivity contribution in [3.63, 3.8) is 0 Å². The summed E-state index contributed by atoms with van der Waals surface area (Å²) >= 11 is 0. The summed E-state index contributed by atoms with van der Waals surface area (Å²) in [5.74, 6) is 4.25. The number of rotatable bonds is 0. The van der Waals surface area contributed by atoms with E-state index in [-0.39, 0.29) is 0 Å². The van der Waals surface area contributed by atoms with Gasteiger partial charge in [-0.2, -0.15) is 0 Å². The lowest BCUT2D eigenvalue weighted by atomic mass is 10.2. The summed E-state index contributed by atoms with van der Waals surface area (Å²) in [6.45, 7) is 45.4. The van der Waals surface area contributed by atoms with Gasteiger partial charge in [0, 0.05) is 113 Å². The molecule has 9 heterocycles. The number of hydrogen-bond donors (Lipinski definition) is 0. The van der Waals surface area contributed by atoms with Crippen LogP contribution in [0.25, 0.3) is 0 Å². The van der Waals surface area contributed by atoms with Gasteiger partial charge in [0.1, 0.15) is 48.1 Å². The molecule has 0 aliphatic carbocycles. The van der Waals surface area contributed by atoms with E-state index in [9.17, 15) is 0 Å². The number of hydrogen-bond acceptors (Lipinski definition) is 18. The van der Waals surface area contributed by atoms with Crippen molar-refractivity contribution in [3.05, 3.63) is 212 Å². The van der Waals surface area contributed by atoms with Crippen molar-refractivity contribution < 1.29 is 0 Å². The van der Waals surface area contributed by atoms with E-state index in [1.807, 2.05) is 190 Å². The van der Waals surface area contributed by atoms with E-state index in [4.69, 9.17) is 0 Å². The third-order valence-corrected chi connectivity index (χ3v) is 11.0. The number of aryl methyl sites for hydroxylation is 20. The van der Waals surface area contributed by atoms with Crippen LogP contribution in [0.1, 0.15) is 131 Å². The second-order valence-corrected chi connectivity index (χ2v) is 18.0. The van der Waals surface area contributed by atoms with Gasteiger partial charge in [-0.25, -0.2) is 79.7 Å². The Morgan fingerprint density at radius 3 is 0.935 bits per heavy atom. The van der Waals surface area contributed by atoms with Crippen LogP contribution in [-0.2, 0) is 0 Å². The van der Waals surface area contributed by atoms with Gasteiger partial charge in [0.25, 0.3) is 0 Å². The summed E-state index contributed by atoms with van der Waals surface area (Å²) < 4.78 is 0. The zero-order chi connectivity index (χ0) is 58.2. The van der Waals surface area contributed by atoms with Crippen LogP contribution in [-0.4, -0.2) is 89.7 Å². The first-order valence-corrected chi connectivity index (χ1v) is 25.0. The third kappa shape index (κ3) is 29.4. The third-order valence-electron chi connectivity index (χ3n) is 11.0. The molecule has 0 radical (unpaired) electrons. The number of nitrogens with zero attached hydrogens (tertiary/aromatic N) is 18. The van der Waals surface area contributed by atoms with Crippen molar-refractivity contribution in [2.24, 2.45) is 0 Å². The second-order valence-electron chi connectivity index (χ2n) is 18.0. The lowest BCUT2D eigenvalue weighted by Gasteiger charge is -2.02. The highest BCUT2D eigenvalue weighted by Crippen LogP contribution is 2.08. The van der Waals surface area contributed by atoms with E-state index in [0.29, 0.717) is 0 Å². The molecule has 0 N–H and O–H groups in total. The first-order valence-electron chi connectivity index (χ1n) is 25.0. The van der Waals surface area contributed by atoms with Crippen molar-refractivity contribution in [3.8, 4) is 0 Å². The van der Waals surface area contributed by atoms with Crippen molar-refractivity contribution >= 4 is 0 Å². The van der Waals surface area contributed by atoms with Gasteiger partial charge in [-0.05, 0) is 204 Å². The second kappa shape index (κ2) is 35.8. The summed E-state index contributed by atoms with van der Waals surface area (Å²) in [6, 6.07) is 1.97. The van der Waals surface area contributed by atoms with E-state index < -0.39 is 0 Å². The predicted molar refractivity (Wildman–Crippen MR) is 307 cm³/mol. The summed E-state index contributed by atoms with van der Waals surface area (Å²) in [5, 5.41) is 0. The lowest BCUT2D eigenvalue weighted by Crippen LogP contribution is -1.97. The molecule has 0 unspecified atom stereocenters. The van der Waals surface area contributed by atoms with Crippen LogP contribution < -0.4 is 0 Å². The monoisotopic (exact) mass is 1040 g/mol. The van der Waals surface area contributed by atoms with Gasteiger partial charge < -0.3 is 0 Å². The molecule has 0 aliphatic heterocycles. The Bertz CT molecular complexity index is 2860. The SMILES string of the molecule is Cc1cc(C)nc(C)n1.Cc1cnc(C)nc1.Cc1cnccn1.Cc1cncnc1.Cc1cncnc1C.Cc1nc(C)c(C)c(C)n1.Cc1nc(C)c(C)c(C)n1.Cc1ncc(C)c(C)n1.Cc1ncnc(C)c1C. The molecule has 9 aromatic heterocycles. The van der Waals surface area contributed by atoms with E-state index in [2.05, 4.69) is 89.7 Å². The van der Waals surface area contributed by atoms with Gasteiger partial charge in [-0.1, -0.05) is 0 Å². The minimum atomic E-state index is 0.829. The highest BCUT2D eigenvalue weighted by molar-refractivity contribution is 5.23. The first-order chi connectivity index (χ1) is 36.2. The molecule has 0 aliphatic rings. The summed E-state index contributed by atoms with van der Waals surface area (Å²) in [4.78, 5) is 72.4. The maximum Gasteiger partial charge on any atom is 0.125 e. The molecular weight excluding hydrogens is 961 g/mol. The van der Waals surface area contributed by atoms with E-state index in [1.165, 1.54) is 23.0 Å². The molecule has 0 fully saturated rings. The molecule has 18 heteroatoms. The molecule has 0 atom stereocenters. The Hall–Kier alpha value is -8.28. The molecule has 77 heavy (non-hydrogen) atoms. The Balaban J connectivity index is 0.000000434. The quantitative estimate of drug-likeness (QED) is 0.137. The van der Waals surface area contributed by atoms with Crippen molar-refractivity contribution in [1.29, 1.82) is 0 Å². The van der Waals surface area contributed by atoms with Crippen LogP contribution in [0, 0.1) is 159 Å². The molecule has 0 aromatic carbocycles. The Morgan fingerprint density at radius 1 is 0.234 bits per heavy atom. The average molecular weight is 1040 g/mol. The van der Waals surface area contributed by atoms with Gasteiger partial charge in [0.15, 0.2) is 0 Å². The van der Waals surface area contributed by atoms with E-state index in [0.717, 1.165) is 114 Å². The van der Waals surface area contributed by atoms with Gasteiger partial charge in [-0.3, -0.25) is 9.97 Å². The Labute approximate surface area is 458 Å². The highest BCUT2D eigenvalue weighted by Gasteiger charge is 2.01. The maximum atomic E-state index is 4.22. The van der Waals surface area contributed by atoms with Crippen molar-refractivity contribution in [2.75, 3.05) is 0 Å². The van der Waals surface area contributed by atoms with Gasteiger partial charge in [-0.15, -0.1) is 0 Å². The molecule has 0 spiro atoms. The van der Waals surface area contributed by atoms with E-state index >= 15 is 0 Å². The van der Waals surface area contributed by atoms with Crippen LogP contribution in [0.5, 0.6) is 0 Å². The van der Waals surface area contributed by atoms with Crippen molar-refractivity contribution in [1.82, 2.24) is 89.7 Å². The number of aromatic nitrogens is 18. The molecule has 0 bridgehead atoms. The Kier molecular flexibility index (Phi) is 31.1. The molecule has 9 rings (SSSR count). The molecule has 0 saturated heterocycles. The molecule has 0 saturated carbocycles. The zero-order valence-electron chi connectivity index (χ0n) is 50.1. The van der Waals surface area contributed by atoms with Crippen LogP contribution in [0.3, 0.4) is 0 Å². The molecule has 18 nitrogen and oxygen atoms in total. The fourth-order valence-electron chi connectivity index (χ4n) is 5.75. The van der Waals surface area contributed by atoms with Gasteiger partial charge in [0.05, 0.1) is 5.69 Å². The van der Waals surface area contributed by atoms with Crippen LogP contribution >= 0.6 is 0 Å². The predicted octanol–water partition coefficient (Wildman–Crippen LogP) is 11.4. The van der Waals surface area contributed by atoms with Gasteiger partial charge >= 0.3 is 0 Å². The fourth-order valence-corrected chi connectivity index (χ4v) is 5.75. The summed E-state index contributed by atoms with van der Waals surface area (Å²) in [6.07, 6.45) is 20.5. The highest BCUT2D eigenvalue weighted by atomic mass is 14.9. The van der Waals surface area contributed by atoms with Crippen LogP contribution in [0.15, 0.2) is 80.8 Å². The standard InChI is InChI=1S/2C8H12N2.3C7H10N2.2C6H8N2.2C5H6N2/c2*1-5-6(2)9-8(4)10-7(5)3;1-5-6(2)8-4-9-7(5)3;1-5-4-8-7(3)9-6(5)2;1-5-4-6(2)9-7(3)8-5;1-5-3-7-4-8-6(5)2;1-5-3-7-6(2)8-4-5;1-5-2-6-4-7-3-5;1-5-4-6-2-3-7-5/h2*1-4H3;3*4H,1-3H3;2*3-4H,1-2H3;2*2-4H,1H3. The normalized spacial score (nSPS) is 9.49. The van der Waals surface area contributed by atoms with E-state index in [1.54, 1.807) is 43.6 Å². The minimum absolute atomic E-state index is 0.829. The molecule has 408 valence electrons. The average Bonchev–Trinajstić information content (AvgIpc) is 3.36. The lowest BCUT2D eigenvalue weighted by molar-refractivity contribution is 0.948. The first kappa shape index (κ1) is 66.7. The van der Waals surface area contributed by atoms with Gasteiger partial charge in [0.2, 0.25) is 0 Å².